The van der Waals surface area contributed by atoms with Crippen molar-refractivity contribution in [1.29, 1.82) is 0 Å². The van der Waals surface area contributed by atoms with Crippen molar-refractivity contribution in [3.8, 4) is 0 Å². The number of thiophene rings is 1. The number of benzene rings is 1. The Morgan fingerprint density at radius 3 is 2.53 bits per heavy atom. The van der Waals surface area contributed by atoms with E-state index in [9.17, 15) is 24.5 Å². The molecule has 0 bridgehead atoms. The molecule has 0 fully saturated rings. The second kappa shape index (κ2) is 10.8. The first-order valence-electron chi connectivity index (χ1n) is 10.3. The SMILES string of the molecule is Cc1cc(NC(=O)c2ccco2)sc1C(=O)NC(CC(=O)OC(C)C)c1ccccc1[N+](=O)[O-]. The number of nitro groups is 1. The van der Waals surface area contributed by atoms with E-state index in [0.717, 1.165) is 11.3 Å². The average Bonchev–Trinajstić information content (AvgIpc) is 3.42. The molecule has 0 spiro atoms. The number of hydrogen-bond acceptors (Lipinski definition) is 8. The van der Waals surface area contributed by atoms with Gasteiger partial charge in [-0.2, -0.15) is 0 Å². The summed E-state index contributed by atoms with van der Waals surface area (Å²) >= 11 is 1.03. The summed E-state index contributed by atoms with van der Waals surface area (Å²) in [4.78, 5) is 48.9. The van der Waals surface area contributed by atoms with Gasteiger partial charge in [-0.05, 0) is 44.5 Å². The molecule has 34 heavy (non-hydrogen) atoms. The van der Waals surface area contributed by atoms with E-state index in [1.54, 1.807) is 39.0 Å². The number of carbonyl (C=O) groups is 3. The molecule has 0 radical (unpaired) electrons. The van der Waals surface area contributed by atoms with E-state index in [0.29, 0.717) is 10.6 Å². The number of hydrogen-bond donors (Lipinski definition) is 2. The standard InChI is InChI=1S/C23H23N3O7S/c1-13(2)33-20(27)12-16(15-7-4-5-8-17(15)26(30)31)24-23(29)21-14(3)11-19(34-21)25-22(28)18-9-6-10-32-18/h4-11,13,16H,12H2,1-3H3,(H,24,29)(H,25,28). The van der Waals surface area contributed by atoms with Crippen LogP contribution in [0.3, 0.4) is 0 Å². The number of nitro benzene ring substituents is 1. The third kappa shape index (κ3) is 6.07. The minimum absolute atomic E-state index is 0.122. The molecule has 1 aromatic carbocycles. The molecule has 2 heterocycles. The minimum atomic E-state index is -0.997. The molecular formula is C23H23N3O7S. The molecule has 2 N–H and O–H groups in total. The highest BCUT2D eigenvalue weighted by molar-refractivity contribution is 7.18. The molecular weight excluding hydrogens is 462 g/mol. The minimum Gasteiger partial charge on any atom is -0.463 e. The highest BCUT2D eigenvalue weighted by Crippen LogP contribution is 2.31. The van der Waals surface area contributed by atoms with Crippen LogP contribution in [0.15, 0.2) is 53.1 Å². The number of nitrogens with zero attached hydrogens (tertiary/aromatic N) is 1. The second-order valence-corrected chi connectivity index (χ2v) is 8.69. The van der Waals surface area contributed by atoms with Crippen molar-refractivity contribution in [2.75, 3.05) is 5.32 Å². The van der Waals surface area contributed by atoms with E-state index in [1.807, 2.05) is 0 Å². The molecule has 2 amide bonds. The summed E-state index contributed by atoms with van der Waals surface area (Å²) in [5.74, 6) is -1.49. The fraction of sp³-hybridized carbons (Fsp3) is 0.261. The lowest BCUT2D eigenvalue weighted by atomic mass is 10.0. The van der Waals surface area contributed by atoms with Crippen molar-refractivity contribution in [2.24, 2.45) is 0 Å². The van der Waals surface area contributed by atoms with Crippen LogP contribution in [0.4, 0.5) is 10.7 Å². The summed E-state index contributed by atoms with van der Waals surface area (Å²) in [5, 5.41) is 17.3. The third-order valence-electron chi connectivity index (χ3n) is 4.66. The van der Waals surface area contributed by atoms with Crippen molar-refractivity contribution >= 4 is 39.8 Å². The molecule has 3 aromatic rings. The van der Waals surface area contributed by atoms with E-state index < -0.39 is 28.7 Å². The van der Waals surface area contributed by atoms with Gasteiger partial charge >= 0.3 is 5.97 Å². The van der Waals surface area contributed by atoms with Gasteiger partial charge in [-0.15, -0.1) is 11.3 Å². The van der Waals surface area contributed by atoms with Crippen LogP contribution in [0, 0.1) is 17.0 Å². The molecule has 11 heteroatoms. The van der Waals surface area contributed by atoms with Gasteiger partial charge in [-0.3, -0.25) is 24.5 Å². The molecule has 0 aliphatic carbocycles. The summed E-state index contributed by atoms with van der Waals surface area (Å²) in [6.07, 6.45) is 0.705. The lowest BCUT2D eigenvalue weighted by Gasteiger charge is -2.19. The van der Waals surface area contributed by atoms with Crippen LogP contribution in [0.5, 0.6) is 0 Å². The predicted molar refractivity (Wildman–Crippen MR) is 125 cm³/mol. The van der Waals surface area contributed by atoms with Crippen molar-refractivity contribution in [3.05, 3.63) is 80.6 Å². The summed E-state index contributed by atoms with van der Waals surface area (Å²) in [7, 11) is 0. The molecule has 2 aromatic heterocycles. The Labute approximate surface area is 199 Å². The number of ether oxygens (including phenoxy) is 1. The maximum Gasteiger partial charge on any atom is 0.308 e. The lowest BCUT2D eigenvalue weighted by molar-refractivity contribution is -0.385. The van der Waals surface area contributed by atoms with Gasteiger partial charge in [-0.1, -0.05) is 18.2 Å². The quantitative estimate of drug-likeness (QED) is 0.256. The molecule has 0 aliphatic rings. The Morgan fingerprint density at radius 1 is 1.15 bits per heavy atom. The number of furan rings is 1. The Hall–Kier alpha value is -3.99. The maximum atomic E-state index is 13.1. The molecule has 0 saturated carbocycles. The summed E-state index contributed by atoms with van der Waals surface area (Å²) in [6, 6.07) is 9.62. The molecule has 0 saturated heterocycles. The fourth-order valence-electron chi connectivity index (χ4n) is 3.24. The zero-order valence-corrected chi connectivity index (χ0v) is 19.5. The van der Waals surface area contributed by atoms with Crippen LogP contribution in [0.2, 0.25) is 0 Å². The number of anilines is 1. The molecule has 1 unspecified atom stereocenters. The first-order valence-corrected chi connectivity index (χ1v) is 11.2. The number of aryl methyl sites for hydroxylation is 1. The van der Waals surface area contributed by atoms with E-state index in [-0.39, 0.29) is 34.4 Å². The van der Waals surface area contributed by atoms with Gasteiger partial charge in [0, 0.05) is 6.07 Å². The Morgan fingerprint density at radius 2 is 1.88 bits per heavy atom. The molecule has 0 aliphatic heterocycles. The van der Waals surface area contributed by atoms with E-state index in [4.69, 9.17) is 9.15 Å². The normalized spacial score (nSPS) is 11.6. The maximum absolute atomic E-state index is 13.1. The topological polar surface area (TPSA) is 141 Å². The zero-order valence-electron chi connectivity index (χ0n) is 18.7. The lowest BCUT2D eigenvalue weighted by Crippen LogP contribution is -2.31. The number of carbonyl (C=O) groups excluding carboxylic acids is 3. The largest absolute Gasteiger partial charge is 0.463 e. The number of nitrogens with one attached hydrogen (secondary N) is 2. The van der Waals surface area contributed by atoms with Crippen molar-refractivity contribution in [3.63, 3.8) is 0 Å². The van der Waals surface area contributed by atoms with Gasteiger partial charge in [0.05, 0.1) is 45.2 Å². The van der Waals surface area contributed by atoms with Crippen LogP contribution < -0.4 is 10.6 Å². The number of para-hydroxylation sites is 1. The predicted octanol–water partition coefficient (Wildman–Crippen LogP) is 4.62. The summed E-state index contributed by atoms with van der Waals surface area (Å²) < 4.78 is 10.2. The molecule has 1 atom stereocenters. The monoisotopic (exact) mass is 485 g/mol. The molecule has 10 nitrogen and oxygen atoms in total. The first-order chi connectivity index (χ1) is 16.2. The first kappa shape index (κ1) is 24.6. The molecule has 178 valence electrons. The van der Waals surface area contributed by atoms with E-state index in [1.165, 1.54) is 30.5 Å². The van der Waals surface area contributed by atoms with Crippen LogP contribution in [0.25, 0.3) is 0 Å². The van der Waals surface area contributed by atoms with Gasteiger partial charge in [0.25, 0.3) is 17.5 Å². The van der Waals surface area contributed by atoms with Crippen molar-refractivity contribution in [2.45, 2.75) is 39.3 Å². The Bertz CT molecular complexity index is 1200. The Kier molecular flexibility index (Phi) is 7.79. The number of rotatable bonds is 9. The highest BCUT2D eigenvalue weighted by Gasteiger charge is 2.28. The van der Waals surface area contributed by atoms with Crippen LogP contribution in [-0.2, 0) is 9.53 Å². The van der Waals surface area contributed by atoms with E-state index >= 15 is 0 Å². The average molecular weight is 486 g/mol. The van der Waals surface area contributed by atoms with Gasteiger partial charge in [0.2, 0.25) is 0 Å². The fourth-order valence-corrected chi connectivity index (χ4v) is 4.21. The summed E-state index contributed by atoms with van der Waals surface area (Å²) in [5.41, 5.74) is 0.546. The van der Waals surface area contributed by atoms with Crippen LogP contribution >= 0.6 is 11.3 Å². The zero-order chi connectivity index (χ0) is 24.8. The smallest absolute Gasteiger partial charge is 0.308 e. The highest BCUT2D eigenvalue weighted by atomic mass is 32.1. The van der Waals surface area contributed by atoms with Gasteiger partial charge in [0.1, 0.15) is 0 Å². The second-order valence-electron chi connectivity index (χ2n) is 7.64. The number of esters is 1. The Balaban J connectivity index is 1.84. The molecule has 3 rings (SSSR count). The van der Waals surface area contributed by atoms with Crippen molar-refractivity contribution in [1.82, 2.24) is 5.32 Å². The van der Waals surface area contributed by atoms with Gasteiger partial charge < -0.3 is 19.8 Å². The summed E-state index contributed by atoms with van der Waals surface area (Å²) in [6.45, 7) is 5.06. The van der Waals surface area contributed by atoms with Crippen LogP contribution in [-0.4, -0.2) is 28.8 Å². The van der Waals surface area contributed by atoms with Crippen molar-refractivity contribution < 1.29 is 28.5 Å². The van der Waals surface area contributed by atoms with Gasteiger partial charge in [-0.25, -0.2) is 0 Å². The number of amides is 2. The van der Waals surface area contributed by atoms with Crippen LogP contribution in [0.1, 0.15) is 57.7 Å². The van der Waals surface area contributed by atoms with Gasteiger partial charge in [0.15, 0.2) is 5.76 Å². The van der Waals surface area contributed by atoms with E-state index in [2.05, 4.69) is 10.6 Å². The third-order valence-corrected chi connectivity index (χ3v) is 5.81.